The molecule has 3 N–H and O–H groups in total. The van der Waals surface area contributed by atoms with Gasteiger partial charge in [0, 0.05) is 10.2 Å². The molecular weight excluding hydrogens is 328 g/mol. The molecule has 2 rings (SSSR count). The molecule has 3 nitrogen and oxygen atoms in total. The minimum Gasteiger partial charge on any atom is -0.398 e. The highest BCUT2D eigenvalue weighted by molar-refractivity contribution is 9.10. The largest absolute Gasteiger partial charge is 0.398 e. The number of anilines is 2. The van der Waals surface area contributed by atoms with Crippen LogP contribution in [0.3, 0.4) is 0 Å². The van der Waals surface area contributed by atoms with Crippen LogP contribution in [0.5, 0.6) is 0 Å². The molecule has 21 heavy (non-hydrogen) atoms. The van der Waals surface area contributed by atoms with Crippen molar-refractivity contribution in [1.82, 2.24) is 0 Å². The molecule has 0 aliphatic rings. The van der Waals surface area contributed by atoms with Crippen molar-refractivity contribution in [3.05, 3.63) is 58.1 Å². The number of nitrogens with two attached hydrogens (primary N) is 1. The van der Waals surface area contributed by atoms with E-state index < -0.39 is 5.41 Å². The molecule has 110 valence electrons. The first-order chi connectivity index (χ1) is 9.82. The van der Waals surface area contributed by atoms with Crippen LogP contribution in [0.25, 0.3) is 0 Å². The van der Waals surface area contributed by atoms with Crippen molar-refractivity contribution >= 4 is 33.2 Å². The van der Waals surface area contributed by atoms with Gasteiger partial charge in [-0.3, -0.25) is 4.79 Å². The Balaban J connectivity index is 2.28. The number of nitrogen functional groups attached to an aromatic ring is 1. The fourth-order valence-corrected chi connectivity index (χ4v) is 2.61. The lowest BCUT2D eigenvalue weighted by Crippen LogP contribution is -2.34. The smallest absolute Gasteiger partial charge is 0.234 e. The lowest BCUT2D eigenvalue weighted by atomic mass is 9.83. The molecule has 0 saturated heterocycles. The van der Waals surface area contributed by atoms with Gasteiger partial charge in [-0.05, 0) is 60.0 Å². The normalized spacial score (nSPS) is 11.2. The van der Waals surface area contributed by atoms with E-state index in [1.54, 1.807) is 6.07 Å². The third-order valence-electron chi connectivity index (χ3n) is 3.67. The second-order valence-electron chi connectivity index (χ2n) is 5.63. The zero-order valence-corrected chi connectivity index (χ0v) is 14.0. The summed E-state index contributed by atoms with van der Waals surface area (Å²) >= 11 is 3.46. The Kier molecular flexibility index (Phi) is 4.37. The van der Waals surface area contributed by atoms with Gasteiger partial charge >= 0.3 is 0 Å². The molecule has 0 aliphatic carbocycles. The third kappa shape index (κ3) is 3.27. The number of hydrogen-bond donors (Lipinski definition) is 2. The number of halogens is 1. The summed E-state index contributed by atoms with van der Waals surface area (Å²) in [6.07, 6.45) is 0. The Morgan fingerprint density at radius 1 is 1.19 bits per heavy atom. The van der Waals surface area contributed by atoms with Gasteiger partial charge in [0.2, 0.25) is 5.91 Å². The molecule has 2 aromatic rings. The van der Waals surface area contributed by atoms with E-state index in [1.807, 2.05) is 57.2 Å². The highest BCUT2D eigenvalue weighted by Gasteiger charge is 2.30. The fraction of sp³-hybridized carbons (Fsp3) is 0.235. The number of carbonyl (C=O) groups is 1. The van der Waals surface area contributed by atoms with Crippen LogP contribution < -0.4 is 11.1 Å². The number of hydrogen-bond acceptors (Lipinski definition) is 2. The van der Waals surface area contributed by atoms with E-state index in [-0.39, 0.29) is 5.91 Å². The summed E-state index contributed by atoms with van der Waals surface area (Å²) in [7, 11) is 0. The average molecular weight is 347 g/mol. The molecule has 0 atom stereocenters. The molecular formula is C17H19BrN2O. The van der Waals surface area contributed by atoms with Crippen molar-refractivity contribution < 1.29 is 4.79 Å². The van der Waals surface area contributed by atoms with Gasteiger partial charge in [0.25, 0.3) is 0 Å². The summed E-state index contributed by atoms with van der Waals surface area (Å²) in [4.78, 5) is 12.6. The highest BCUT2D eigenvalue weighted by Crippen LogP contribution is 2.30. The second kappa shape index (κ2) is 5.90. The zero-order valence-electron chi connectivity index (χ0n) is 12.4. The predicted octanol–water partition coefficient (Wildman–Crippen LogP) is 4.26. The van der Waals surface area contributed by atoms with Crippen LogP contribution in [-0.4, -0.2) is 5.91 Å². The molecule has 0 spiro atoms. The maximum absolute atomic E-state index is 12.6. The lowest BCUT2D eigenvalue weighted by Gasteiger charge is -2.24. The van der Waals surface area contributed by atoms with Crippen LogP contribution in [0.4, 0.5) is 11.4 Å². The number of nitrogens with one attached hydrogen (secondary N) is 1. The van der Waals surface area contributed by atoms with Crippen molar-refractivity contribution in [2.45, 2.75) is 26.2 Å². The maximum Gasteiger partial charge on any atom is 0.234 e. The van der Waals surface area contributed by atoms with Crippen LogP contribution in [0.2, 0.25) is 0 Å². The van der Waals surface area contributed by atoms with E-state index in [9.17, 15) is 4.79 Å². The topological polar surface area (TPSA) is 55.1 Å². The molecule has 2 aromatic carbocycles. The lowest BCUT2D eigenvalue weighted by molar-refractivity contribution is -0.120. The molecule has 0 saturated carbocycles. The Morgan fingerprint density at radius 2 is 1.81 bits per heavy atom. The van der Waals surface area contributed by atoms with Gasteiger partial charge in [-0.1, -0.05) is 30.3 Å². The van der Waals surface area contributed by atoms with Gasteiger partial charge in [0.1, 0.15) is 0 Å². The van der Waals surface area contributed by atoms with Crippen molar-refractivity contribution in [1.29, 1.82) is 0 Å². The van der Waals surface area contributed by atoms with Gasteiger partial charge in [-0.15, -0.1) is 0 Å². The number of aryl methyl sites for hydroxylation is 1. The third-order valence-corrected chi connectivity index (χ3v) is 4.32. The van der Waals surface area contributed by atoms with E-state index in [1.165, 1.54) is 0 Å². The van der Waals surface area contributed by atoms with E-state index in [0.717, 1.165) is 15.6 Å². The maximum atomic E-state index is 12.6. The summed E-state index contributed by atoms with van der Waals surface area (Å²) in [5.41, 5.74) is 8.58. The van der Waals surface area contributed by atoms with Crippen molar-refractivity contribution in [2.24, 2.45) is 0 Å². The minimum atomic E-state index is -0.625. The quantitative estimate of drug-likeness (QED) is 0.816. The van der Waals surface area contributed by atoms with Gasteiger partial charge < -0.3 is 11.1 Å². The van der Waals surface area contributed by atoms with Crippen LogP contribution in [0.15, 0.2) is 46.9 Å². The summed E-state index contributed by atoms with van der Waals surface area (Å²) in [6.45, 7) is 5.74. The monoisotopic (exact) mass is 346 g/mol. The Bertz CT molecular complexity index is 666. The zero-order chi connectivity index (χ0) is 15.6. The van der Waals surface area contributed by atoms with Crippen LogP contribution in [0, 0.1) is 6.92 Å². The number of amides is 1. The van der Waals surface area contributed by atoms with Crippen molar-refractivity contribution in [2.75, 3.05) is 11.1 Å². The van der Waals surface area contributed by atoms with E-state index >= 15 is 0 Å². The van der Waals surface area contributed by atoms with Crippen molar-refractivity contribution in [3.8, 4) is 0 Å². The molecule has 0 aromatic heterocycles. The Labute approximate surface area is 133 Å². The molecule has 0 unspecified atom stereocenters. The summed E-state index contributed by atoms with van der Waals surface area (Å²) < 4.78 is 0.825. The summed E-state index contributed by atoms with van der Waals surface area (Å²) in [6, 6.07) is 13.4. The molecule has 0 bridgehead atoms. The molecule has 0 heterocycles. The SMILES string of the molecule is Cc1cc(Br)c(NC(=O)C(C)(C)c2ccccc2)cc1N. The number of carbonyl (C=O) groups excluding carboxylic acids is 1. The standard InChI is InChI=1S/C17H19BrN2O/c1-11-9-13(18)15(10-14(11)19)20-16(21)17(2,3)12-7-5-4-6-8-12/h4-10H,19H2,1-3H3,(H,20,21). The molecule has 0 radical (unpaired) electrons. The fourth-order valence-electron chi connectivity index (χ4n) is 2.05. The van der Waals surface area contributed by atoms with Gasteiger partial charge in [0.15, 0.2) is 0 Å². The first-order valence-electron chi connectivity index (χ1n) is 6.75. The van der Waals surface area contributed by atoms with Gasteiger partial charge in [0.05, 0.1) is 11.1 Å². The summed E-state index contributed by atoms with van der Waals surface area (Å²) in [5, 5.41) is 2.95. The van der Waals surface area contributed by atoms with Crippen LogP contribution in [-0.2, 0) is 10.2 Å². The molecule has 1 amide bonds. The average Bonchev–Trinajstić information content (AvgIpc) is 2.45. The van der Waals surface area contributed by atoms with E-state index in [0.29, 0.717) is 11.4 Å². The Hall–Kier alpha value is -1.81. The van der Waals surface area contributed by atoms with Gasteiger partial charge in [-0.2, -0.15) is 0 Å². The van der Waals surface area contributed by atoms with E-state index in [2.05, 4.69) is 21.2 Å². The molecule has 4 heteroatoms. The molecule has 0 aliphatic heterocycles. The van der Waals surface area contributed by atoms with Crippen LogP contribution in [0.1, 0.15) is 25.0 Å². The summed E-state index contributed by atoms with van der Waals surface area (Å²) in [5.74, 6) is -0.0716. The number of rotatable bonds is 3. The first kappa shape index (κ1) is 15.6. The second-order valence-corrected chi connectivity index (χ2v) is 6.49. The first-order valence-corrected chi connectivity index (χ1v) is 7.54. The highest BCUT2D eigenvalue weighted by atomic mass is 79.9. The van der Waals surface area contributed by atoms with Gasteiger partial charge in [-0.25, -0.2) is 0 Å². The Morgan fingerprint density at radius 3 is 2.43 bits per heavy atom. The molecule has 0 fully saturated rings. The minimum absolute atomic E-state index is 0.0716. The van der Waals surface area contributed by atoms with E-state index in [4.69, 9.17) is 5.73 Å². The predicted molar refractivity (Wildman–Crippen MR) is 91.4 cm³/mol. The van der Waals surface area contributed by atoms with Crippen molar-refractivity contribution in [3.63, 3.8) is 0 Å². The number of benzene rings is 2. The van der Waals surface area contributed by atoms with Crippen LogP contribution >= 0.6 is 15.9 Å².